The Morgan fingerprint density at radius 2 is 2.10 bits per heavy atom. The fourth-order valence-corrected chi connectivity index (χ4v) is 2.22. The van der Waals surface area contributed by atoms with E-state index in [0.717, 1.165) is 13.0 Å². The molecule has 5 nitrogen and oxygen atoms in total. The topological polar surface area (TPSA) is 62.7 Å². The van der Waals surface area contributed by atoms with Crippen LogP contribution in [0.5, 0.6) is 0 Å². The molecule has 0 aliphatic rings. The number of carbonyl (C=O) groups is 1. The van der Waals surface area contributed by atoms with Gasteiger partial charge in [0, 0.05) is 18.5 Å². The number of thiophene rings is 1. The first-order valence-corrected chi connectivity index (χ1v) is 7.47. The molecule has 21 heavy (non-hydrogen) atoms. The molecule has 0 saturated heterocycles. The molecule has 0 spiro atoms. The molecule has 1 heterocycles. The highest BCUT2D eigenvalue weighted by Gasteiger charge is 2.16. The molecule has 0 atom stereocenters. The Bertz CT molecular complexity index is 442. The molecule has 1 aromatic rings. The van der Waals surface area contributed by atoms with Gasteiger partial charge in [0.05, 0.1) is 0 Å². The zero-order valence-electron chi connectivity index (χ0n) is 12.9. The van der Waals surface area contributed by atoms with E-state index in [1.54, 1.807) is 18.4 Å². The summed E-state index contributed by atoms with van der Waals surface area (Å²) in [5.74, 6) is 0.311. The number of carbonyl (C=O) groups excluding carboxylic acids is 1. The van der Waals surface area contributed by atoms with Crippen molar-refractivity contribution in [2.45, 2.75) is 32.8 Å². The molecule has 7 heteroatoms. The van der Waals surface area contributed by atoms with Gasteiger partial charge in [-0.15, -0.1) is 35.3 Å². The number of rotatable bonds is 5. The van der Waals surface area contributed by atoms with Gasteiger partial charge in [-0.3, -0.25) is 9.79 Å². The van der Waals surface area contributed by atoms with Crippen LogP contribution < -0.4 is 10.6 Å². The molecule has 0 aliphatic heterocycles. The van der Waals surface area contributed by atoms with Gasteiger partial charge < -0.3 is 15.4 Å². The smallest absolute Gasteiger partial charge is 0.325 e. The Balaban J connectivity index is 0.00000400. The summed E-state index contributed by atoms with van der Waals surface area (Å²) >= 11 is 1.73. The summed E-state index contributed by atoms with van der Waals surface area (Å²) in [5, 5.41) is 8.16. The lowest BCUT2D eigenvalue weighted by molar-refractivity contribution is -0.153. The largest absolute Gasteiger partial charge is 0.459 e. The Labute approximate surface area is 147 Å². The molecule has 0 amide bonds. The molecular weight excluding hydrogens is 401 g/mol. The molecule has 0 aromatic carbocycles. The standard InChI is InChI=1S/C14H23N3O2S.HI/c1-14(2,3)19-12(18)10-17-13(15-4)16-8-7-11-6-5-9-20-11;/h5-6,9H,7-8,10H2,1-4H3,(H2,15,16,17);1H. The monoisotopic (exact) mass is 425 g/mol. The average Bonchev–Trinajstić information content (AvgIpc) is 2.84. The van der Waals surface area contributed by atoms with Crippen molar-refractivity contribution in [1.29, 1.82) is 0 Å². The maximum absolute atomic E-state index is 11.6. The van der Waals surface area contributed by atoms with Gasteiger partial charge >= 0.3 is 5.97 Å². The number of hydrogen-bond donors (Lipinski definition) is 2. The van der Waals surface area contributed by atoms with Crippen LogP contribution in [0.2, 0.25) is 0 Å². The maximum Gasteiger partial charge on any atom is 0.325 e. The van der Waals surface area contributed by atoms with E-state index >= 15 is 0 Å². The predicted molar refractivity (Wildman–Crippen MR) is 98.6 cm³/mol. The number of aliphatic imine (C=N–C) groups is 1. The molecule has 120 valence electrons. The van der Waals surface area contributed by atoms with Gasteiger partial charge in [0.25, 0.3) is 0 Å². The molecule has 1 aromatic heterocycles. The second-order valence-corrected chi connectivity index (χ2v) is 6.30. The van der Waals surface area contributed by atoms with Crippen LogP contribution in [-0.2, 0) is 16.0 Å². The molecule has 0 saturated carbocycles. The van der Waals surface area contributed by atoms with Crippen LogP contribution in [-0.4, -0.2) is 37.7 Å². The summed E-state index contributed by atoms with van der Waals surface area (Å²) in [4.78, 5) is 17.0. The van der Waals surface area contributed by atoms with Gasteiger partial charge in [0.15, 0.2) is 5.96 Å². The van der Waals surface area contributed by atoms with Crippen LogP contribution >= 0.6 is 35.3 Å². The third-order valence-corrected chi connectivity index (χ3v) is 3.22. The van der Waals surface area contributed by atoms with Gasteiger partial charge in [-0.2, -0.15) is 0 Å². The first kappa shape index (κ1) is 20.2. The quantitative estimate of drug-likeness (QED) is 0.329. The number of halogens is 1. The Morgan fingerprint density at radius 1 is 1.38 bits per heavy atom. The first-order valence-electron chi connectivity index (χ1n) is 6.59. The van der Waals surface area contributed by atoms with Gasteiger partial charge in [-0.25, -0.2) is 0 Å². The molecule has 1 rings (SSSR count). The van der Waals surface area contributed by atoms with E-state index in [-0.39, 0.29) is 36.5 Å². The minimum absolute atomic E-state index is 0. The Hall–Kier alpha value is -0.830. The Morgan fingerprint density at radius 3 is 2.62 bits per heavy atom. The van der Waals surface area contributed by atoms with Crippen LogP contribution in [0, 0.1) is 0 Å². The number of hydrogen-bond acceptors (Lipinski definition) is 4. The molecule has 0 bridgehead atoms. The minimum atomic E-state index is -0.463. The number of nitrogens with zero attached hydrogens (tertiary/aromatic N) is 1. The van der Waals surface area contributed by atoms with E-state index in [9.17, 15) is 4.79 Å². The highest BCUT2D eigenvalue weighted by atomic mass is 127. The third-order valence-electron chi connectivity index (χ3n) is 2.29. The molecular formula is C14H24IN3O2S. The maximum atomic E-state index is 11.6. The molecule has 0 unspecified atom stereocenters. The number of nitrogens with one attached hydrogen (secondary N) is 2. The highest BCUT2D eigenvalue weighted by molar-refractivity contribution is 14.0. The van der Waals surface area contributed by atoms with E-state index in [1.165, 1.54) is 4.88 Å². The minimum Gasteiger partial charge on any atom is -0.459 e. The highest BCUT2D eigenvalue weighted by Crippen LogP contribution is 2.08. The van der Waals surface area contributed by atoms with Crippen LogP contribution in [0.3, 0.4) is 0 Å². The summed E-state index contributed by atoms with van der Waals surface area (Å²) in [6.45, 7) is 6.42. The molecule has 0 radical (unpaired) electrons. The van der Waals surface area contributed by atoms with Crippen LogP contribution in [0.15, 0.2) is 22.5 Å². The van der Waals surface area contributed by atoms with E-state index in [4.69, 9.17) is 4.74 Å². The van der Waals surface area contributed by atoms with Crippen molar-refractivity contribution in [2.75, 3.05) is 20.1 Å². The van der Waals surface area contributed by atoms with E-state index < -0.39 is 5.60 Å². The lowest BCUT2D eigenvalue weighted by Crippen LogP contribution is -2.42. The fraction of sp³-hybridized carbons (Fsp3) is 0.571. The van der Waals surface area contributed by atoms with Gasteiger partial charge in [0.2, 0.25) is 0 Å². The van der Waals surface area contributed by atoms with Crippen molar-refractivity contribution in [2.24, 2.45) is 4.99 Å². The van der Waals surface area contributed by atoms with Gasteiger partial charge in [-0.05, 0) is 38.6 Å². The van der Waals surface area contributed by atoms with Crippen LogP contribution in [0.4, 0.5) is 0 Å². The molecule has 0 aliphatic carbocycles. The number of guanidine groups is 1. The molecule has 0 fully saturated rings. The average molecular weight is 425 g/mol. The predicted octanol–water partition coefficient (Wildman–Crippen LogP) is 2.42. The van der Waals surface area contributed by atoms with Gasteiger partial charge in [0.1, 0.15) is 12.1 Å². The lowest BCUT2D eigenvalue weighted by atomic mass is 10.2. The van der Waals surface area contributed by atoms with Gasteiger partial charge in [-0.1, -0.05) is 6.07 Å². The second kappa shape index (κ2) is 9.99. The van der Waals surface area contributed by atoms with Crippen molar-refractivity contribution >= 4 is 47.2 Å². The summed E-state index contributed by atoms with van der Waals surface area (Å²) in [6.07, 6.45) is 0.935. The SMILES string of the molecule is CN=C(NCCc1cccs1)NCC(=O)OC(C)(C)C.I. The number of ether oxygens (including phenoxy) is 1. The number of esters is 1. The zero-order valence-corrected chi connectivity index (χ0v) is 16.1. The summed E-state index contributed by atoms with van der Waals surface area (Å²) < 4.78 is 5.21. The van der Waals surface area contributed by atoms with Crippen LogP contribution in [0.1, 0.15) is 25.6 Å². The lowest BCUT2D eigenvalue weighted by Gasteiger charge is -2.20. The summed E-state index contributed by atoms with van der Waals surface area (Å²) in [6, 6.07) is 4.14. The van der Waals surface area contributed by atoms with E-state index in [2.05, 4.69) is 27.1 Å². The second-order valence-electron chi connectivity index (χ2n) is 5.27. The summed E-state index contributed by atoms with van der Waals surface area (Å²) in [7, 11) is 1.68. The van der Waals surface area contributed by atoms with Crippen molar-refractivity contribution in [1.82, 2.24) is 10.6 Å². The first-order chi connectivity index (χ1) is 9.40. The van der Waals surface area contributed by atoms with Crippen molar-refractivity contribution in [3.8, 4) is 0 Å². The summed E-state index contributed by atoms with van der Waals surface area (Å²) in [5.41, 5.74) is -0.463. The van der Waals surface area contributed by atoms with Crippen molar-refractivity contribution in [3.05, 3.63) is 22.4 Å². The molecule has 2 N–H and O–H groups in total. The zero-order chi connectivity index (χ0) is 15.0. The fourth-order valence-electron chi connectivity index (χ4n) is 1.51. The van der Waals surface area contributed by atoms with Crippen molar-refractivity contribution in [3.63, 3.8) is 0 Å². The third kappa shape index (κ3) is 9.67. The van der Waals surface area contributed by atoms with Crippen LogP contribution in [0.25, 0.3) is 0 Å². The van der Waals surface area contributed by atoms with E-state index in [0.29, 0.717) is 5.96 Å². The normalized spacial score (nSPS) is 11.5. The Kier molecular flexibility index (Phi) is 9.60. The van der Waals surface area contributed by atoms with E-state index in [1.807, 2.05) is 26.8 Å². The van der Waals surface area contributed by atoms with Crippen molar-refractivity contribution < 1.29 is 9.53 Å².